The minimum absolute atomic E-state index is 0.101. The SMILES string of the molecule is CCN(C(C)c1ccc(F)cc1)S(=O)(=O)c1csc(C#N)n1. The maximum atomic E-state index is 13.0. The van der Waals surface area contributed by atoms with Crippen LogP contribution in [0, 0.1) is 17.1 Å². The number of sulfonamides is 1. The van der Waals surface area contributed by atoms with Crippen molar-refractivity contribution < 1.29 is 12.8 Å². The zero-order chi connectivity index (χ0) is 16.3. The van der Waals surface area contributed by atoms with Gasteiger partial charge in [0, 0.05) is 18.0 Å². The third-order valence-electron chi connectivity index (χ3n) is 3.25. The predicted octanol–water partition coefficient (Wildman–Crippen LogP) is 2.93. The molecule has 0 aliphatic carbocycles. The molecule has 0 fully saturated rings. The molecule has 0 amide bonds. The summed E-state index contributed by atoms with van der Waals surface area (Å²) >= 11 is 0.986. The highest BCUT2D eigenvalue weighted by molar-refractivity contribution is 7.89. The number of hydrogen-bond donors (Lipinski definition) is 0. The molecule has 5 nitrogen and oxygen atoms in total. The van der Waals surface area contributed by atoms with Crippen molar-refractivity contribution >= 4 is 21.4 Å². The first-order valence-electron chi connectivity index (χ1n) is 6.53. The molecule has 8 heteroatoms. The minimum atomic E-state index is -3.81. The van der Waals surface area contributed by atoms with E-state index in [1.54, 1.807) is 26.0 Å². The quantitative estimate of drug-likeness (QED) is 0.839. The average Bonchev–Trinajstić information content (AvgIpc) is 2.98. The maximum absolute atomic E-state index is 13.0. The van der Waals surface area contributed by atoms with Crippen LogP contribution in [-0.4, -0.2) is 24.3 Å². The van der Waals surface area contributed by atoms with Crippen LogP contribution in [0.4, 0.5) is 4.39 Å². The molecule has 0 bridgehead atoms. The summed E-state index contributed by atoms with van der Waals surface area (Å²) in [6, 6.07) is 7.06. The van der Waals surface area contributed by atoms with Crippen molar-refractivity contribution in [1.82, 2.24) is 9.29 Å². The first kappa shape index (κ1) is 16.5. The standard InChI is InChI=1S/C14H14FN3O2S2/c1-3-18(10(2)11-4-6-12(15)7-5-11)22(19,20)14-9-21-13(8-16)17-14/h4-7,9-10H,3H2,1-2H3. The van der Waals surface area contributed by atoms with E-state index in [0.29, 0.717) is 5.56 Å². The summed E-state index contributed by atoms with van der Waals surface area (Å²) in [6.45, 7) is 3.68. The largest absolute Gasteiger partial charge is 0.261 e. The van der Waals surface area contributed by atoms with Gasteiger partial charge in [-0.05, 0) is 24.6 Å². The molecule has 1 aromatic carbocycles. The third kappa shape index (κ3) is 3.16. The summed E-state index contributed by atoms with van der Waals surface area (Å²) in [5, 5.41) is 10.1. The Morgan fingerprint density at radius 2 is 2.05 bits per heavy atom. The number of nitrogens with zero attached hydrogens (tertiary/aromatic N) is 3. The van der Waals surface area contributed by atoms with Gasteiger partial charge >= 0.3 is 0 Å². The molecular formula is C14H14FN3O2S2. The minimum Gasteiger partial charge on any atom is -0.213 e. The monoisotopic (exact) mass is 339 g/mol. The van der Waals surface area contributed by atoms with Crippen molar-refractivity contribution in [2.75, 3.05) is 6.54 Å². The van der Waals surface area contributed by atoms with Gasteiger partial charge in [-0.25, -0.2) is 17.8 Å². The van der Waals surface area contributed by atoms with Gasteiger partial charge in [0.15, 0.2) is 10.0 Å². The second-order valence-corrected chi connectivity index (χ2v) is 7.23. The van der Waals surface area contributed by atoms with Crippen LogP contribution in [-0.2, 0) is 10.0 Å². The average molecular weight is 339 g/mol. The van der Waals surface area contributed by atoms with Gasteiger partial charge < -0.3 is 0 Å². The van der Waals surface area contributed by atoms with Gasteiger partial charge in [-0.2, -0.15) is 9.57 Å². The molecule has 0 N–H and O–H groups in total. The second-order valence-electron chi connectivity index (χ2n) is 4.54. The maximum Gasteiger partial charge on any atom is 0.261 e. The van der Waals surface area contributed by atoms with Crippen LogP contribution in [0.3, 0.4) is 0 Å². The van der Waals surface area contributed by atoms with Gasteiger partial charge in [-0.15, -0.1) is 11.3 Å². The summed E-state index contributed by atoms with van der Waals surface area (Å²) in [5.41, 5.74) is 0.683. The highest BCUT2D eigenvalue weighted by Crippen LogP contribution is 2.27. The molecule has 0 spiro atoms. The Balaban J connectivity index is 2.37. The molecule has 22 heavy (non-hydrogen) atoms. The molecule has 0 aliphatic heterocycles. The summed E-state index contributed by atoms with van der Waals surface area (Å²) < 4.78 is 39.6. The molecule has 2 rings (SSSR count). The van der Waals surface area contributed by atoms with Gasteiger partial charge in [0.2, 0.25) is 0 Å². The van der Waals surface area contributed by atoms with E-state index in [4.69, 9.17) is 5.26 Å². The predicted molar refractivity (Wildman–Crippen MR) is 81.2 cm³/mol. The molecule has 0 aliphatic rings. The Kier molecular flexibility index (Phi) is 4.90. The van der Waals surface area contributed by atoms with Gasteiger partial charge in [-0.1, -0.05) is 19.1 Å². The van der Waals surface area contributed by atoms with Gasteiger partial charge in [0.1, 0.15) is 11.9 Å². The molecule has 1 heterocycles. The smallest absolute Gasteiger partial charge is 0.213 e. The van der Waals surface area contributed by atoms with Crippen LogP contribution in [0.15, 0.2) is 34.7 Å². The molecule has 2 aromatic rings. The molecule has 1 aromatic heterocycles. The number of aromatic nitrogens is 1. The van der Waals surface area contributed by atoms with Gasteiger partial charge in [-0.3, -0.25) is 0 Å². The van der Waals surface area contributed by atoms with E-state index in [1.165, 1.54) is 21.8 Å². The van der Waals surface area contributed by atoms with Crippen LogP contribution in [0.5, 0.6) is 0 Å². The lowest BCUT2D eigenvalue weighted by Crippen LogP contribution is -2.33. The number of hydrogen-bond acceptors (Lipinski definition) is 5. The fraction of sp³-hybridized carbons (Fsp3) is 0.286. The van der Waals surface area contributed by atoms with E-state index in [1.807, 2.05) is 6.07 Å². The second kappa shape index (κ2) is 6.52. The van der Waals surface area contributed by atoms with E-state index in [2.05, 4.69) is 4.98 Å². The van der Waals surface area contributed by atoms with Crippen LogP contribution >= 0.6 is 11.3 Å². The Hall–Kier alpha value is -1.82. The van der Waals surface area contributed by atoms with E-state index >= 15 is 0 Å². The van der Waals surface area contributed by atoms with Crippen molar-refractivity contribution in [2.24, 2.45) is 0 Å². The Morgan fingerprint density at radius 1 is 1.41 bits per heavy atom. The number of thiazole rings is 1. The van der Waals surface area contributed by atoms with E-state index in [-0.39, 0.29) is 22.4 Å². The Labute approximate surface area is 132 Å². The molecule has 116 valence electrons. The normalized spacial score (nSPS) is 13.0. The van der Waals surface area contributed by atoms with Crippen LogP contribution in [0.25, 0.3) is 0 Å². The van der Waals surface area contributed by atoms with E-state index in [9.17, 15) is 12.8 Å². The summed E-state index contributed by atoms with van der Waals surface area (Å²) in [5.74, 6) is -0.375. The Morgan fingerprint density at radius 3 is 2.55 bits per heavy atom. The highest BCUT2D eigenvalue weighted by atomic mass is 32.2. The van der Waals surface area contributed by atoms with Crippen LogP contribution < -0.4 is 0 Å². The third-order valence-corrected chi connectivity index (χ3v) is 6.07. The number of halogens is 1. The molecular weight excluding hydrogens is 325 g/mol. The van der Waals surface area contributed by atoms with Crippen molar-refractivity contribution in [3.05, 3.63) is 46.0 Å². The number of benzene rings is 1. The molecule has 0 saturated heterocycles. The zero-order valence-electron chi connectivity index (χ0n) is 12.0. The molecule has 1 unspecified atom stereocenters. The van der Waals surface area contributed by atoms with E-state index in [0.717, 1.165) is 11.3 Å². The van der Waals surface area contributed by atoms with Crippen molar-refractivity contribution in [3.8, 4) is 6.07 Å². The molecule has 0 radical (unpaired) electrons. The topological polar surface area (TPSA) is 74.1 Å². The lowest BCUT2D eigenvalue weighted by molar-refractivity contribution is 0.355. The van der Waals surface area contributed by atoms with E-state index < -0.39 is 16.1 Å². The first-order chi connectivity index (χ1) is 10.4. The zero-order valence-corrected chi connectivity index (χ0v) is 13.7. The number of nitriles is 1. The van der Waals surface area contributed by atoms with Crippen molar-refractivity contribution in [3.63, 3.8) is 0 Å². The molecule has 1 atom stereocenters. The van der Waals surface area contributed by atoms with Crippen molar-refractivity contribution in [2.45, 2.75) is 24.9 Å². The summed E-state index contributed by atoms with van der Waals surface area (Å²) in [4.78, 5) is 3.83. The van der Waals surface area contributed by atoms with Crippen LogP contribution in [0.1, 0.15) is 30.5 Å². The highest BCUT2D eigenvalue weighted by Gasteiger charge is 2.30. The lowest BCUT2D eigenvalue weighted by Gasteiger charge is -2.26. The number of rotatable bonds is 5. The van der Waals surface area contributed by atoms with Crippen LogP contribution in [0.2, 0.25) is 0 Å². The fourth-order valence-electron chi connectivity index (χ4n) is 2.11. The molecule has 0 saturated carbocycles. The fourth-order valence-corrected chi connectivity index (χ4v) is 4.59. The Bertz CT molecular complexity index is 794. The van der Waals surface area contributed by atoms with Gasteiger partial charge in [0.25, 0.3) is 10.0 Å². The van der Waals surface area contributed by atoms with Crippen molar-refractivity contribution in [1.29, 1.82) is 5.26 Å². The first-order valence-corrected chi connectivity index (χ1v) is 8.85. The summed E-state index contributed by atoms with van der Waals surface area (Å²) in [6.07, 6.45) is 0. The summed E-state index contributed by atoms with van der Waals surface area (Å²) in [7, 11) is -3.81. The lowest BCUT2D eigenvalue weighted by atomic mass is 10.1. The van der Waals surface area contributed by atoms with Gasteiger partial charge in [0.05, 0.1) is 0 Å².